The number of benzene rings is 4. The summed E-state index contributed by atoms with van der Waals surface area (Å²) in [6, 6.07) is 40.4. The second-order valence-corrected chi connectivity index (χ2v) is 13.6. The van der Waals surface area contributed by atoms with E-state index in [0.717, 1.165) is 44.3 Å². The van der Waals surface area contributed by atoms with Crippen LogP contribution in [-0.2, 0) is 30.9 Å². The number of nitrogens with zero attached hydrogens (tertiary/aromatic N) is 3. The summed E-state index contributed by atoms with van der Waals surface area (Å²) in [4.78, 5) is 8.96. The van der Waals surface area contributed by atoms with Crippen molar-refractivity contribution in [2.45, 2.75) is 52.4 Å². The third-order valence-corrected chi connectivity index (χ3v) is 8.18. The quantitative estimate of drug-likeness (QED) is 0.167. The topological polar surface area (TPSA) is 62.7 Å². The number of furan rings is 1. The second kappa shape index (κ2) is 14.1. The Hall–Kier alpha value is -4.88. The summed E-state index contributed by atoms with van der Waals surface area (Å²) in [5.41, 5.74) is 9.41. The van der Waals surface area contributed by atoms with Gasteiger partial charge in [0, 0.05) is 43.4 Å². The number of nitriles is 1. The van der Waals surface area contributed by atoms with Crippen molar-refractivity contribution in [1.82, 2.24) is 9.97 Å². The number of aromatic nitrogens is 2. The van der Waals surface area contributed by atoms with Gasteiger partial charge in [0.05, 0.1) is 18.6 Å². The third kappa shape index (κ3) is 7.02. The molecule has 0 N–H and O–H groups in total. The second-order valence-electron chi connectivity index (χ2n) is 13.6. The molecule has 7 rings (SSSR count). The third-order valence-electron chi connectivity index (χ3n) is 8.18. The van der Waals surface area contributed by atoms with Crippen LogP contribution in [0.1, 0.15) is 59.6 Å². The predicted octanol–water partition coefficient (Wildman–Crippen LogP) is 11.1. The van der Waals surface area contributed by atoms with Crippen LogP contribution in [0.15, 0.2) is 120 Å². The van der Waals surface area contributed by atoms with E-state index in [4.69, 9.17) is 5.79 Å². The van der Waals surface area contributed by atoms with Gasteiger partial charge in [-0.1, -0.05) is 113 Å². The van der Waals surface area contributed by atoms with E-state index >= 15 is 0 Å². The standard InChI is InChI=1S/C28H21N2O.C15H16N.Ir/c1-28(2,3)22-15-14-20(23-11-7-8-16-30-23)26-25(22)21-13-12-19(17-29)24(27(21)31-26)18-9-5-4-6-10-18;1-15(2,3)13-9-10-14(16-11-13)12-7-5-4-6-8-12;/h4-13,15-16H,1-3H3;4-7,9-11H,1-3H3;/q2*-1;/i7D;;. The van der Waals surface area contributed by atoms with E-state index in [0.29, 0.717) is 28.5 Å². The Morgan fingerprint density at radius 2 is 1.54 bits per heavy atom. The van der Waals surface area contributed by atoms with Gasteiger partial charge in [-0.3, -0.25) is 0 Å². The Morgan fingerprint density at radius 3 is 2.17 bits per heavy atom. The maximum Gasteiger partial charge on any atom is 0.130 e. The zero-order chi connectivity index (χ0) is 34.1. The Kier molecular flexibility index (Phi) is 9.69. The van der Waals surface area contributed by atoms with Gasteiger partial charge in [0.15, 0.2) is 0 Å². The molecule has 0 saturated heterocycles. The van der Waals surface area contributed by atoms with Gasteiger partial charge in [0.1, 0.15) is 5.58 Å². The molecule has 0 aliphatic rings. The molecule has 3 heterocycles. The van der Waals surface area contributed by atoms with Gasteiger partial charge in [-0.25, -0.2) is 0 Å². The maximum atomic E-state index is 9.83. The van der Waals surface area contributed by atoms with Crippen LogP contribution in [0.3, 0.4) is 0 Å². The van der Waals surface area contributed by atoms with E-state index < -0.39 is 0 Å². The zero-order valence-electron chi connectivity index (χ0n) is 29.0. The van der Waals surface area contributed by atoms with Crippen molar-refractivity contribution in [3.05, 3.63) is 144 Å². The number of pyridine rings is 2. The normalized spacial score (nSPS) is 11.6. The van der Waals surface area contributed by atoms with E-state index in [-0.39, 0.29) is 30.9 Å². The van der Waals surface area contributed by atoms with Crippen LogP contribution in [0, 0.1) is 23.5 Å². The summed E-state index contributed by atoms with van der Waals surface area (Å²) in [6.07, 6.45) is 3.58. The van der Waals surface area contributed by atoms with Crippen molar-refractivity contribution in [1.29, 1.82) is 5.26 Å². The molecule has 48 heavy (non-hydrogen) atoms. The van der Waals surface area contributed by atoms with Gasteiger partial charge in [0.25, 0.3) is 0 Å². The molecule has 5 heteroatoms. The van der Waals surface area contributed by atoms with Crippen molar-refractivity contribution in [3.8, 4) is 39.7 Å². The van der Waals surface area contributed by atoms with Crippen molar-refractivity contribution in [2.75, 3.05) is 0 Å². The van der Waals surface area contributed by atoms with Crippen molar-refractivity contribution in [2.24, 2.45) is 0 Å². The molecule has 241 valence electrons. The molecule has 0 bridgehead atoms. The average Bonchev–Trinajstić information content (AvgIpc) is 3.47. The first-order valence-electron chi connectivity index (χ1n) is 16.2. The molecule has 0 aliphatic heterocycles. The van der Waals surface area contributed by atoms with Crippen LogP contribution in [0.2, 0.25) is 0 Å². The fourth-order valence-electron chi connectivity index (χ4n) is 5.66. The monoisotopic (exact) mass is 805 g/mol. The summed E-state index contributed by atoms with van der Waals surface area (Å²) in [7, 11) is 0. The number of hydrogen-bond acceptors (Lipinski definition) is 4. The van der Waals surface area contributed by atoms with E-state index in [1.54, 1.807) is 18.3 Å². The smallest absolute Gasteiger partial charge is 0.130 e. The Labute approximate surface area is 298 Å². The van der Waals surface area contributed by atoms with Gasteiger partial charge in [-0.15, -0.1) is 53.6 Å². The van der Waals surface area contributed by atoms with Crippen molar-refractivity contribution in [3.63, 3.8) is 0 Å². The first-order chi connectivity index (χ1) is 23.0. The summed E-state index contributed by atoms with van der Waals surface area (Å²) in [5, 5.41) is 11.8. The fourth-order valence-corrected chi connectivity index (χ4v) is 5.66. The number of hydrogen-bond donors (Lipinski definition) is 0. The molecule has 0 fully saturated rings. The summed E-state index contributed by atoms with van der Waals surface area (Å²) >= 11 is 0. The largest absolute Gasteiger partial charge is 0.500 e. The molecule has 0 amide bonds. The Morgan fingerprint density at radius 1 is 0.771 bits per heavy atom. The van der Waals surface area contributed by atoms with Crippen molar-refractivity contribution >= 4 is 21.9 Å². The molecule has 4 aromatic carbocycles. The predicted molar refractivity (Wildman–Crippen MR) is 192 cm³/mol. The maximum absolute atomic E-state index is 9.83. The minimum Gasteiger partial charge on any atom is -0.500 e. The van der Waals surface area contributed by atoms with Crippen LogP contribution in [0.5, 0.6) is 0 Å². The molecule has 0 unspecified atom stereocenters. The minimum absolute atomic E-state index is 0. The molecule has 0 atom stereocenters. The van der Waals surface area contributed by atoms with Gasteiger partial charge in [0.2, 0.25) is 0 Å². The minimum atomic E-state index is -0.143. The molecular formula is C43H37IrN3O-2. The molecule has 3 aromatic heterocycles. The number of fused-ring (bicyclic) bond motifs is 3. The van der Waals surface area contributed by atoms with E-state index in [1.807, 2.05) is 79.0 Å². The van der Waals surface area contributed by atoms with Gasteiger partial charge in [-0.05, 0) is 45.5 Å². The first-order valence-corrected chi connectivity index (χ1v) is 15.7. The Balaban J connectivity index is 0.000000233. The van der Waals surface area contributed by atoms with Crippen LogP contribution in [0.25, 0.3) is 55.6 Å². The van der Waals surface area contributed by atoms with Crippen molar-refractivity contribution < 1.29 is 25.9 Å². The fraction of sp³-hybridized carbons (Fsp3) is 0.186. The Bertz CT molecular complexity index is 2260. The molecular weight excluding hydrogens is 767 g/mol. The molecule has 4 nitrogen and oxygen atoms in total. The molecule has 0 spiro atoms. The summed E-state index contributed by atoms with van der Waals surface area (Å²) in [6.45, 7) is 13.1. The first kappa shape index (κ1) is 33.0. The average molecular weight is 805 g/mol. The number of rotatable bonds is 3. The van der Waals surface area contributed by atoms with E-state index in [1.165, 1.54) is 5.56 Å². The molecule has 0 saturated carbocycles. The summed E-state index contributed by atoms with van der Waals surface area (Å²) in [5.74, 6) is 0. The van der Waals surface area contributed by atoms with E-state index in [9.17, 15) is 5.26 Å². The SMILES string of the molecule is CC(C)(C)c1ccc(-c2[c-]cccc2)nc1.[2H]c1ccnc(-c2[c-]cc(C(C)(C)C)c3c2oc2c(-c4ccccc4)c(C#N)ccc23)c1.[Ir]. The van der Waals surface area contributed by atoms with Crippen LogP contribution in [0.4, 0.5) is 0 Å². The molecule has 7 aromatic rings. The van der Waals surface area contributed by atoms with Crippen LogP contribution >= 0.6 is 0 Å². The summed E-state index contributed by atoms with van der Waals surface area (Å²) < 4.78 is 14.6. The van der Waals surface area contributed by atoms with Crippen LogP contribution < -0.4 is 0 Å². The molecule has 1 radical (unpaired) electrons. The van der Waals surface area contributed by atoms with Gasteiger partial charge >= 0.3 is 0 Å². The van der Waals surface area contributed by atoms with Gasteiger partial charge in [-0.2, -0.15) is 5.26 Å². The van der Waals surface area contributed by atoms with Crippen LogP contribution in [-0.4, -0.2) is 9.97 Å². The van der Waals surface area contributed by atoms with E-state index in [2.05, 4.69) is 81.8 Å². The molecule has 0 aliphatic carbocycles. The van der Waals surface area contributed by atoms with Gasteiger partial charge < -0.3 is 14.4 Å². The zero-order valence-corrected chi connectivity index (χ0v) is 30.4.